The number of hydrogen-bond acceptors (Lipinski definition) is 0. The van der Waals surface area contributed by atoms with Gasteiger partial charge in [0.25, 0.3) is 0 Å². The zero-order valence-corrected chi connectivity index (χ0v) is 39.3. The minimum Gasteiger partial charge on any atom is -0.309 e. The van der Waals surface area contributed by atoms with Crippen LogP contribution in [0.25, 0.3) is 93.6 Å². The molecule has 0 aliphatic carbocycles. The molecular weight excluding hydrogens is 863 g/mol. The molecule has 4 heteroatoms. The fourth-order valence-electron chi connectivity index (χ4n) is 11.9. The summed E-state index contributed by atoms with van der Waals surface area (Å²) in [6.45, 7) is 0. The van der Waals surface area contributed by atoms with E-state index in [0.29, 0.717) is 0 Å². The molecule has 0 spiro atoms. The maximum absolute atomic E-state index is 2.98. The van der Waals surface area contributed by atoms with E-state index in [1.165, 1.54) is 86.3 Å². The van der Waals surface area contributed by atoms with Gasteiger partial charge in [-0.3, -0.25) is 0 Å². The minimum atomic E-state index is -2.98. The van der Waals surface area contributed by atoms with E-state index < -0.39 is 8.07 Å². The highest BCUT2D eigenvalue weighted by Crippen LogP contribution is 2.43. The molecule has 0 saturated heterocycles. The summed E-state index contributed by atoms with van der Waals surface area (Å²) in [4.78, 5) is 0. The largest absolute Gasteiger partial charge is 0.309 e. The standard InChI is InChI=1S/C66H45N3Si/c1-5-23-46(24-6-1)51-31-13-17-37-58(51)69-62-44-43-47(45-57(62)56-35-21-41-63(65(56)69)68-60-39-19-14-32-52(60)53-33-15-20-40-61(53)68)67-59-38-18-16-34-54(59)55-36-22-42-64(66(55)67)70(48-25-7-2-8-26-48,49-27-9-3-10-28-49)50-29-11-4-12-30-50/h1-45H. The number of aromatic nitrogens is 3. The summed E-state index contributed by atoms with van der Waals surface area (Å²) in [5.74, 6) is 0. The van der Waals surface area contributed by atoms with Crippen LogP contribution in [-0.4, -0.2) is 21.8 Å². The van der Waals surface area contributed by atoms with Gasteiger partial charge in [-0.2, -0.15) is 0 Å². The summed E-state index contributed by atoms with van der Waals surface area (Å²) in [7, 11) is -2.98. The normalized spacial score (nSPS) is 12.0. The van der Waals surface area contributed by atoms with E-state index in [9.17, 15) is 0 Å². The summed E-state index contributed by atoms with van der Waals surface area (Å²) < 4.78 is 7.59. The SMILES string of the molecule is c1ccc(-c2ccccc2-n2c3ccc(-n4c5ccccc5c5cccc([Si](c6ccccc6)(c6ccccc6)c6ccccc6)c54)cc3c3cccc(-n4c5ccccc5c5ccccc54)c32)cc1. The monoisotopic (exact) mass is 907 g/mol. The smallest absolute Gasteiger partial charge is 0.181 e. The van der Waals surface area contributed by atoms with E-state index >= 15 is 0 Å². The zero-order valence-electron chi connectivity index (χ0n) is 38.3. The molecule has 0 unspecified atom stereocenters. The molecule has 0 radical (unpaired) electrons. The Morgan fingerprint density at radius 3 is 1.29 bits per heavy atom. The fourth-order valence-corrected chi connectivity index (χ4v) is 16.9. The van der Waals surface area contributed by atoms with Crippen LogP contribution in [0.1, 0.15) is 0 Å². The van der Waals surface area contributed by atoms with Crippen molar-refractivity contribution >= 4 is 94.2 Å². The van der Waals surface area contributed by atoms with Crippen molar-refractivity contribution in [2.24, 2.45) is 0 Å². The molecule has 328 valence electrons. The van der Waals surface area contributed by atoms with Gasteiger partial charge in [-0.1, -0.05) is 224 Å². The predicted octanol–water partition coefficient (Wildman–Crippen LogP) is 14.0. The van der Waals surface area contributed by atoms with Crippen LogP contribution in [0.15, 0.2) is 273 Å². The third kappa shape index (κ3) is 5.87. The molecule has 0 saturated carbocycles. The third-order valence-electron chi connectivity index (χ3n) is 14.8. The third-order valence-corrected chi connectivity index (χ3v) is 19.6. The second kappa shape index (κ2) is 16.1. The molecule has 0 aliphatic heterocycles. The van der Waals surface area contributed by atoms with E-state index in [1.807, 2.05) is 0 Å². The molecule has 11 aromatic carbocycles. The molecule has 3 aromatic heterocycles. The molecule has 14 rings (SSSR count). The van der Waals surface area contributed by atoms with Crippen LogP contribution in [0.3, 0.4) is 0 Å². The Balaban J connectivity index is 1.12. The summed E-state index contributed by atoms with van der Waals surface area (Å²) in [5.41, 5.74) is 12.9. The van der Waals surface area contributed by atoms with Crippen molar-refractivity contribution in [3.63, 3.8) is 0 Å². The van der Waals surface area contributed by atoms with Crippen LogP contribution in [0.5, 0.6) is 0 Å². The highest BCUT2D eigenvalue weighted by molar-refractivity contribution is 7.20. The average Bonchev–Trinajstić information content (AvgIpc) is 4.08. The van der Waals surface area contributed by atoms with Crippen molar-refractivity contribution in [1.29, 1.82) is 0 Å². The zero-order chi connectivity index (χ0) is 46.2. The number of para-hydroxylation sites is 6. The second-order valence-electron chi connectivity index (χ2n) is 18.4. The Kier molecular flexibility index (Phi) is 9.23. The van der Waals surface area contributed by atoms with E-state index in [4.69, 9.17) is 0 Å². The number of hydrogen-bond donors (Lipinski definition) is 0. The first-order valence-corrected chi connectivity index (χ1v) is 26.2. The van der Waals surface area contributed by atoms with Gasteiger partial charge in [0.05, 0.1) is 44.5 Å². The Morgan fingerprint density at radius 2 is 0.686 bits per heavy atom. The quantitative estimate of drug-likeness (QED) is 0.107. The van der Waals surface area contributed by atoms with Gasteiger partial charge in [0, 0.05) is 43.6 Å². The lowest BCUT2D eigenvalue weighted by atomic mass is 10.0. The van der Waals surface area contributed by atoms with Crippen molar-refractivity contribution in [3.8, 4) is 28.2 Å². The molecule has 14 aromatic rings. The molecular formula is C66H45N3Si. The summed E-state index contributed by atoms with van der Waals surface area (Å²) in [6.07, 6.45) is 0. The van der Waals surface area contributed by atoms with E-state index in [0.717, 1.165) is 28.1 Å². The number of rotatable bonds is 8. The van der Waals surface area contributed by atoms with Crippen molar-refractivity contribution in [3.05, 3.63) is 273 Å². The van der Waals surface area contributed by atoms with Crippen molar-refractivity contribution in [1.82, 2.24) is 13.7 Å². The molecule has 3 nitrogen and oxygen atoms in total. The molecule has 3 heterocycles. The molecule has 0 amide bonds. The molecule has 0 bridgehead atoms. The van der Waals surface area contributed by atoms with Gasteiger partial charge in [-0.05, 0) is 74.8 Å². The molecule has 70 heavy (non-hydrogen) atoms. The summed E-state index contributed by atoms with van der Waals surface area (Å²) >= 11 is 0. The van der Waals surface area contributed by atoms with Crippen LogP contribution in [0.4, 0.5) is 0 Å². The fraction of sp³-hybridized carbons (Fsp3) is 0. The van der Waals surface area contributed by atoms with Gasteiger partial charge in [-0.25, -0.2) is 0 Å². The predicted molar refractivity (Wildman–Crippen MR) is 299 cm³/mol. The lowest BCUT2D eigenvalue weighted by molar-refractivity contribution is 1.13. The summed E-state index contributed by atoms with van der Waals surface area (Å²) in [6, 6.07) is 101. The van der Waals surface area contributed by atoms with E-state index in [-0.39, 0.29) is 0 Å². The number of fused-ring (bicyclic) bond motifs is 9. The molecule has 0 N–H and O–H groups in total. The molecule has 0 aliphatic rings. The van der Waals surface area contributed by atoms with E-state index in [1.54, 1.807) is 0 Å². The molecule has 0 fully saturated rings. The maximum atomic E-state index is 2.58. The Labute approximate surface area is 407 Å². The van der Waals surface area contributed by atoms with Gasteiger partial charge in [0.2, 0.25) is 0 Å². The van der Waals surface area contributed by atoms with Gasteiger partial charge < -0.3 is 13.7 Å². The van der Waals surface area contributed by atoms with Crippen LogP contribution in [0.2, 0.25) is 0 Å². The average molecular weight is 908 g/mol. The van der Waals surface area contributed by atoms with Crippen LogP contribution < -0.4 is 20.7 Å². The second-order valence-corrected chi connectivity index (χ2v) is 22.1. The van der Waals surface area contributed by atoms with E-state index in [2.05, 4.69) is 287 Å². The first kappa shape index (κ1) is 40.1. The van der Waals surface area contributed by atoms with Crippen LogP contribution >= 0.6 is 0 Å². The van der Waals surface area contributed by atoms with Crippen LogP contribution in [0, 0.1) is 0 Å². The van der Waals surface area contributed by atoms with Gasteiger partial charge in [-0.15, -0.1) is 0 Å². The minimum absolute atomic E-state index is 1.13. The van der Waals surface area contributed by atoms with Gasteiger partial charge in [0.15, 0.2) is 8.07 Å². The first-order chi connectivity index (χ1) is 34.8. The first-order valence-electron chi connectivity index (χ1n) is 24.2. The Morgan fingerprint density at radius 1 is 0.257 bits per heavy atom. The highest BCUT2D eigenvalue weighted by Gasteiger charge is 2.43. The van der Waals surface area contributed by atoms with Crippen molar-refractivity contribution in [2.75, 3.05) is 0 Å². The highest BCUT2D eigenvalue weighted by atomic mass is 28.3. The lowest BCUT2D eigenvalue weighted by Crippen LogP contribution is -2.75. The maximum Gasteiger partial charge on any atom is 0.181 e. The van der Waals surface area contributed by atoms with Crippen molar-refractivity contribution < 1.29 is 0 Å². The lowest BCUT2D eigenvalue weighted by Gasteiger charge is -2.35. The summed E-state index contributed by atoms with van der Waals surface area (Å²) in [5, 5.41) is 12.8. The number of nitrogens with zero attached hydrogens (tertiary/aromatic N) is 3. The number of benzene rings is 11. The van der Waals surface area contributed by atoms with Crippen LogP contribution in [-0.2, 0) is 0 Å². The Hall–Kier alpha value is -8.96. The Bertz CT molecular complexity index is 4130. The molecule has 0 atom stereocenters. The van der Waals surface area contributed by atoms with Gasteiger partial charge >= 0.3 is 0 Å². The topological polar surface area (TPSA) is 14.8 Å². The van der Waals surface area contributed by atoms with Crippen molar-refractivity contribution in [2.45, 2.75) is 0 Å². The van der Waals surface area contributed by atoms with Gasteiger partial charge in [0.1, 0.15) is 0 Å².